The number of benzene rings is 1. The molecule has 1 aromatic carbocycles. The fraction of sp³-hybridized carbons (Fsp3) is 0.476. The molecule has 1 amide bonds. The predicted octanol–water partition coefficient (Wildman–Crippen LogP) is 2.07. The quantitative estimate of drug-likeness (QED) is 0.872. The molecule has 2 aromatic rings. The highest BCUT2D eigenvalue weighted by atomic mass is 16.5. The smallest absolute Gasteiger partial charge is 0.321 e. The lowest BCUT2D eigenvalue weighted by Crippen LogP contribution is -2.56. The third-order valence-corrected chi connectivity index (χ3v) is 5.81. The fourth-order valence-electron chi connectivity index (χ4n) is 4.33. The molecule has 2 aliphatic rings. The number of carbonyl (C=O) groups excluding carboxylic acids is 1. The molecule has 0 bridgehead atoms. The van der Waals surface area contributed by atoms with Crippen LogP contribution in [-0.4, -0.2) is 63.6 Å². The minimum atomic E-state index is -0.407. The van der Waals surface area contributed by atoms with Gasteiger partial charge in [-0.1, -0.05) is 12.1 Å². The number of aromatic nitrogens is 2. The third-order valence-electron chi connectivity index (χ3n) is 5.81. The Morgan fingerprint density at radius 1 is 1.18 bits per heavy atom. The van der Waals surface area contributed by atoms with Gasteiger partial charge >= 0.3 is 6.01 Å². The Kier molecular flexibility index (Phi) is 5.28. The first kappa shape index (κ1) is 18.8. The van der Waals surface area contributed by atoms with Crippen LogP contribution < -0.4 is 4.74 Å². The number of hydrogen-bond donors (Lipinski definition) is 1. The number of hydrogen-bond acceptors (Lipinski definition) is 6. The number of rotatable bonds is 4. The summed E-state index contributed by atoms with van der Waals surface area (Å²) < 4.78 is 5.63. The van der Waals surface area contributed by atoms with Crippen LogP contribution in [0.5, 0.6) is 11.8 Å². The molecule has 1 unspecified atom stereocenters. The Hall–Kier alpha value is -2.51. The summed E-state index contributed by atoms with van der Waals surface area (Å²) in [6.07, 6.45) is 5.09. The normalized spacial score (nSPS) is 22.4. The second kappa shape index (κ2) is 7.85. The third kappa shape index (κ3) is 4.00. The Balaban J connectivity index is 1.33. The van der Waals surface area contributed by atoms with E-state index in [9.17, 15) is 9.90 Å². The van der Waals surface area contributed by atoms with E-state index in [0.29, 0.717) is 24.7 Å². The van der Waals surface area contributed by atoms with E-state index in [1.807, 2.05) is 24.3 Å². The molecule has 1 spiro atoms. The molecule has 2 fully saturated rings. The summed E-state index contributed by atoms with van der Waals surface area (Å²) in [4.78, 5) is 24.9. The molecule has 2 saturated heterocycles. The number of amides is 1. The maximum atomic E-state index is 12.7. The van der Waals surface area contributed by atoms with Crippen LogP contribution in [0.15, 0.2) is 42.7 Å². The average molecular weight is 382 g/mol. The van der Waals surface area contributed by atoms with Crippen molar-refractivity contribution in [1.29, 1.82) is 0 Å². The summed E-state index contributed by atoms with van der Waals surface area (Å²) in [5.41, 5.74) is 0.820. The van der Waals surface area contributed by atoms with Crippen LogP contribution in [0.3, 0.4) is 0 Å². The van der Waals surface area contributed by atoms with Gasteiger partial charge in [0.25, 0.3) is 0 Å². The Morgan fingerprint density at radius 2 is 1.86 bits per heavy atom. The van der Waals surface area contributed by atoms with E-state index in [1.165, 1.54) is 5.56 Å². The lowest BCUT2D eigenvalue weighted by Gasteiger charge is -2.47. The zero-order valence-corrected chi connectivity index (χ0v) is 16.1. The SMILES string of the molecule is CN1CC(O)CC2(CCN(Cc3ccc(Oc4ncccn4)cc3)CC2)C1=O. The van der Waals surface area contributed by atoms with Gasteiger partial charge in [0.1, 0.15) is 5.75 Å². The molecule has 1 N–H and O–H groups in total. The number of aliphatic hydroxyl groups is 1. The minimum Gasteiger partial charge on any atom is -0.424 e. The van der Waals surface area contributed by atoms with Gasteiger partial charge in [-0.15, -0.1) is 0 Å². The first-order valence-electron chi connectivity index (χ1n) is 9.74. The topological polar surface area (TPSA) is 78.8 Å². The van der Waals surface area contributed by atoms with E-state index in [0.717, 1.165) is 32.5 Å². The number of likely N-dealkylation sites (N-methyl/N-ethyl adjacent to an activating group) is 1. The zero-order valence-electron chi connectivity index (χ0n) is 16.1. The maximum Gasteiger partial charge on any atom is 0.321 e. The Morgan fingerprint density at radius 3 is 2.54 bits per heavy atom. The number of likely N-dealkylation sites (tertiary alicyclic amines) is 2. The van der Waals surface area contributed by atoms with E-state index < -0.39 is 6.10 Å². The predicted molar refractivity (Wildman–Crippen MR) is 104 cm³/mol. The van der Waals surface area contributed by atoms with Crippen molar-refractivity contribution in [2.24, 2.45) is 5.41 Å². The molecule has 7 heteroatoms. The summed E-state index contributed by atoms with van der Waals surface area (Å²) in [6.45, 7) is 3.02. The van der Waals surface area contributed by atoms with Gasteiger partial charge in [0, 0.05) is 32.5 Å². The van der Waals surface area contributed by atoms with Gasteiger partial charge < -0.3 is 14.7 Å². The van der Waals surface area contributed by atoms with E-state index in [-0.39, 0.29) is 11.3 Å². The molecule has 148 valence electrons. The van der Waals surface area contributed by atoms with Crippen molar-refractivity contribution in [3.8, 4) is 11.8 Å². The number of aliphatic hydroxyl groups excluding tert-OH is 1. The van der Waals surface area contributed by atoms with Gasteiger partial charge in [0.05, 0.1) is 11.5 Å². The summed E-state index contributed by atoms with van der Waals surface area (Å²) in [5, 5.41) is 10.1. The van der Waals surface area contributed by atoms with Crippen LogP contribution in [0, 0.1) is 5.41 Å². The first-order chi connectivity index (χ1) is 13.5. The number of ether oxygens (including phenoxy) is 1. The summed E-state index contributed by atoms with van der Waals surface area (Å²) >= 11 is 0. The Bertz CT molecular complexity index is 804. The lowest BCUT2D eigenvalue weighted by molar-refractivity contribution is -0.154. The molecule has 3 heterocycles. The molecule has 4 rings (SSSR count). The van der Waals surface area contributed by atoms with Gasteiger partial charge in [-0.3, -0.25) is 9.69 Å². The van der Waals surface area contributed by atoms with Crippen LogP contribution in [0.2, 0.25) is 0 Å². The molecule has 2 aliphatic heterocycles. The second-order valence-corrected chi connectivity index (χ2v) is 7.88. The van der Waals surface area contributed by atoms with Crippen LogP contribution in [0.25, 0.3) is 0 Å². The van der Waals surface area contributed by atoms with Gasteiger partial charge in [-0.05, 0) is 56.1 Å². The zero-order chi connectivity index (χ0) is 19.6. The molecule has 1 atom stereocenters. The van der Waals surface area contributed by atoms with Crippen LogP contribution in [0.1, 0.15) is 24.8 Å². The van der Waals surface area contributed by atoms with Gasteiger partial charge in [-0.25, -0.2) is 9.97 Å². The first-order valence-corrected chi connectivity index (χ1v) is 9.74. The van der Waals surface area contributed by atoms with Crippen molar-refractivity contribution in [2.45, 2.75) is 31.9 Å². The van der Waals surface area contributed by atoms with E-state index >= 15 is 0 Å². The number of nitrogens with zero attached hydrogens (tertiary/aromatic N) is 4. The van der Waals surface area contributed by atoms with Crippen molar-refractivity contribution in [1.82, 2.24) is 19.8 Å². The molecule has 0 radical (unpaired) electrons. The number of carbonyl (C=O) groups is 1. The van der Waals surface area contributed by atoms with Gasteiger partial charge in [0.2, 0.25) is 5.91 Å². The van der Waals surface area contributed by atoms with Crippen LogP contribution in [-0.2, 0) is 11.3 Å². The molecular formula is C21H26N4O3. The van der Waals surface area contributed by atoms with Gasteiger partial charge in [0.15, 0.2) is 0 Å². The molecule has 0 aliphatic carbocycles. The van der Waals surface area contributed by atoms with Crippen molar-refractivity contribution in [2.75, 3.05) is 26.7 Å². The molecule has 1 aromatic heterocycles. The van der Waals surface area contributed by atoms with Gasteiger partial charge in [-0.2, -0.15) is 0 Å². The summed E-state index contributed by atoms with van der Waals surface area (Å²) in [6, 6.07) is 10.0. The molecule has 7 nitrogen and oxygen atoms in total. The Labute approximate surface area is 165 Å². The van der Waals surface area contributed by atoms with Crippen LogP contribution in [0.4, 0.5) is 0 Å². The van der Waals surface area contributed by atoms with Crippen molar-refractivity contribution in [3.63, 3.8) is 0 Å². The number of piperidine rings is 2. The largest absolute Gasteiger partial charge is 0.424 e. The number of β-amino-alcohol motifs (C(OH)–C–C–N with tert-alkyl or cyclic N) is 1. The van der Waals surface area contributed by atoms with Crippen LogP contribution >= 0.6 is 0 Å². The summed E-state index contributed by atoms with van der Waals surface area (Å²) in [5.74, 6) is 0.902. The monoisotopic (exact) mass is 382 g/mol. The fourth-order valence-corrected chi connectivity index (χ4v) is 4.33. The van der Waals surface area contributed by atoms with Crippen molar-refractivity contribution >= 4 is 5.91 Å². The van der Waals surface area contributed by atoms with E-state index in [4.69, 9.17) is 4.74 Å². The standard InChI is InChI=1S/C21H26N4O3/c1-24-15-17(26)13-21(19(24)27)7-11-25(12-8-21)14-16-3-5-18(6-4-16)28-20-22-9-2-10-23-20/h2-6,9-10,17,26H,7-8,11-15H2,1H3. The maximum absolute atomic E-state index is 12.7. The van der Waals surface area contributed by atoms with Crippen molar-refractivity contribution in [3.05, 3.63) is 48.3 Å². The highest BCUT2D eigenvalue weighted by Gasteiger charge is 2.47. The van der Waals surface area contributed by atoms with E-state index in [1.54, 1.807) is 30.4 Å². The average Bonchev–Trinajstić information content (AvgIpc) is 2.70. The molecule has 0 saturated carbocycles. The second-order valence-electron chi connectivity index (χ2n) is 7.88. The lowest BCUT2D eigenvalue weighted by atomic mass is 9.71. The highest BCUT2D eigenvalue weighted by molar-refractivity contribution is 5.83. The van der Waals surface area contributed by atoms with Crippen molar-refractivity contribution < 1.29 is 14.6 Å². The molecule has 28 heavy (non-hydrogen) atoms. The van der Waals surface area contributed by atoms with E-state index in [2.05, 4.69) is 14.9 Å². The summed E-state index contributed by atoms with van der Waals surface area (Å²) in [7, 11) is 1.79. The molecular weight excluding hydrogens is 356 g/mol. The highest BCUT2D eigenvalue weighted by Crippen LogP contribution is 2.40. The minimum absolute atomic E-state index is 0.196.